The van der Waals surface area contributed by atoms with E-state index in [9.17, 15) is 19.8 Å². The Balaban J connectivity index is 2.13. The third-order valence-electron chi connectivity index (χ3n) is 4.85. The standard InChI is InChI=1S/C22H23NO5/c1-14-4-6-16(7-5-14)20(25)18-19(15-8-10-17(28-2)11-9-15)23(12-3-13-24)22(27)21(18)26/h4-11,19,24-25H,3,12-13H2,1-2H3/t19-/m0/s1. The molecule has 0 bridgehead atoms. The average Bonchev–Trinajstić information content (AvgIpc) is 2.97. The number of hydrogen-bond donors (Lipinski definition) is 2. The molecule has 1 heterocycles. The van der Waals surface area contributed by atoms with Crippen LogP contribution in [0.15, 0.2) is 54.1 Å². The van der Waals surface area contributed by atoms with Gasteiger partial charge in [0.2, 0.25) is 0 Å². The zero-order chi connectivity index (χ0) is 20.3. The number of methoxy groups -OCH3 is 1. The van der Waals surface area contributed by atoms with Gasteiger partial charge in [0.1, 0.15) is 11.5 Å². The van der Waals surface area contributed by atoms with E-state index in [0.29, 0.717) is 23.3 Å². The van der Waals surface area contributed by atoms with Crippen LogP contribution in [0.4, 0.5) is 0 Å². The second-order valence-electron chi connectivity index (χ2n) is 6.71. The highest BCUT2D eigenvalue weighted by molar-refractivity contribution is 6.46. The lowest BCUT2D eigenvalue weighted by Gasteiger charge is -2.25. The Hall–Kier alpha value is -3.12. The molecule has 1 aliphatic heterocycles. The van der Waals surface area contributed by atoms with Crippen molar-refractivity contribution in [3.05, 3.63) is 70.8 Å². The Morgan fingerprint density at radius 3 is 2.29 bits per heavy atom. The van der Waals surface area contributed by atoms with Crippen LogP contribution in [-0.4, -0.2) is 47.1 Å². The zero-order valence-electron chi connectivity index (χ0n) is 15.9. The molecule has 0 saturated carbocycles. The van der Waals surface area contributed by atoms with Gasteiger partial charge in [-0.05, 0) is 31.0 Å². The molecular weight excluding hydrogens is 358 g/mol. The minimum atomic E-state index is -0.725. The van der Waals surface area contributed by atoms with Crippen LogP contribution in [0.1, 0.15) is 29.2 Å². The second kappa shape index (κ2) is 8.27. The van der Waals surface area contributed by atoms with Crippen molar-refractivity contribution >= 4 is 17.4 Å². The SMILES string of the molecule is COc1ccc([C@H]2C(=C(O)c3ccc(C)cc3)C(=O)C(=O)N2CCCO)cc1. The maximum Gasteiger partial charge on any atom is 0.295 e. The smallest absolute Gasteiger partial charge is 0.295 e. The molecule has 146 valence electrons. The van der Waals surface area contributed by atoms with Crippen molar-refractivity contribution < 1.29 is 24.5 Å². The normalized spacial score (nSPS) is 18.5. The maximum absolute atomic E-state index is 12.8. The van der Waals surface area contributed by atoms with Gasteiger partial charge in [-0.15, -0.1) is 0 Å². The summed E-state index contributed by atoms with van der Waals surface area (Å²) in [5, 5.41) is 20.1. The Morgan fingerprint density at radius 1 is 1.07 bits per heavy atom. The van der Waals surface area contributed by atoms with Gasteiger partial charge in [0, 0.05) is 18.7 Å². The zero-order valence-corrected chi connectivity index (χ0v) is 15.9. The van der Waals surface area contributed by atoms with Crippen molar-refractivity contribution in [1.82, 2.24) is 4.90 Å². The summed E-state index contributed by atoms with van der Waals surface area (Å²) in [5.74, 6) is -0.958. The van der Waals surface area contributed by atoms with Gasteiger partial charge in [-0.25, -0.2) is 0 Å². The number of ether oxygens (including phenoxy) is 1. The van der Waals surface area contributed by atoms with Crippen LogP contribution in [0.5, 0.6) is 5.75 Å². The lowest BCUT2D eigenvalue weighted by Crippen LogP contribution is -2.31. The largest absolute Gasteiger partial charge is 0.507 e. The van der Waals surface area contributed by atoms with E-state index in [2.05, 4.69) is 0 Å². The highest BCUT2D eigenvalue weighted by Crippen LogP contribution is 2.39. The van der Waals surface area contributed by atoms with Gasteiger partial charge in [0.25, 0.3) is 11.7 Å². The van der Waals surface area contributed by atoms with Gasteiger partial charge in [-0.2, -0.15) is 0 Å². The number of benzene rings is 2. The highest BCUT2D eigenvalue weighted by atomic mass is 16.5. The van der Waals surface area contributed by atoms with Gasteiger partial charge >= 0.3 is 0 Å². The minimum absolute atomic E-state index is 0.0527. The number of ketones is 1. The van der Waals surface area contributed by atoms with E-state index >= 15 is 0 Å². The first-order chi connectivity index (χ1) is 13.5. The van der Waals surface area contributed by atoms with E-state index in [4.69, 9.17) is 4.74 Å². The number of hydrogen-bond acceptors (Lipinski definition) is 5. The maximum atomic E-state index is 12.8. The molecule has 0 radical (unpaired) electrons. The number of amides is 1. The Bertz CT molecular complexity index is 900. The van der Waals surface area contributed by atoms with Crippen LogP contribution in [0.25, 0.3) is 5.76 Å². The molecule has 1 atom stereocenters. The molecule has 6 heteroatoms. The molecular formula is C22H23NO5. The molecule has 28 heavy (non-hydrogen) atoms. The first-order valence-electron chi connectivity index (χ1n) is 9.08. The van der Waals surface area contributed by atoms with Crippen molar-refractivity contribution in [2.24, 2.45) is 0 Å². The first kappa shape index (κ1) is 19.6. The number of Topliss-reactive ketones (excluding diaryl/α,β-unsaturated/α-hetero) is 1. The summed E-state index contributed by atoms with van der Waals surface area (Å²) in [7, 11) is 1.56. The summed E-state index contributed by atoms with van der Waals surface area (Å²) < 4.78 is 5.18. The van der Waals surface area contributed by atoms with Crippen LogP contribution in [0.2, 0.25) is 0 Å². The van der Waals surface area contributed by atoms with Crippen LogP contribution >= 0.6 is 0 Å². The topological polar surface area (TPSA) is 87.1 Å². The fourth-order valence-electron chi connectivity index (χ4n) is 3.35. The lowest BCUT2D eigenvalue weighted by molar-refractivity contribution is -0.140. The second-order valence-corrected chi connectivity index (χ2v) is 6.71. The lowest BCUT2D eigenvalue weighted by atomic mass is 9.95. The van der Waals surface area contributed by atoms with E-state index in [-0.39, 0.29) is 24.5 Å². The molecule has 1 saturated heterocycles. The van der Waals surface area contributed by atoms with Gasteiger partial charge < -0.3 is 19.8 Å². The number of carbonyl (C=O) groups is 2. The minimum Gasteiger partial charge on any atom is -0.507 e. The van der Waals surface area contributed by atoms with Gasteiger partial charge in [-0.3, -0.25) is 9.59 Å². The third-order valence-corrected chi connectivity index (χ3v) is 4.85. The number of aliphatic hydroxyl groups excluding tert-OH is 2. The third kappa shape index (κ3) is 3.64. The molecule has 6 nitrogen and oxygen atoms in total. The summed E-state index contributed by atoms with van der Waals surface area (Å²) >= 11 is 0. The molecule has 2 aromatic rings. The van der Waals surface area contributed by atoms with Crippen molar-refractivity contribution in [3.8, 4) is 5.75 Å². The van der Waals surface area contributed by atoms with Crippen LogP contribution in [-0.2, 0) is 9.59 Å². The van der Waals surface area contributed by atoms with Crippen LogP contribution in [0.3, 0.4) is 0 Å². The number of rotatable bonds is 6. The van der Waals surface area contributed by atoms with Gasteiger partial charge in [-0.1, -0.05) is 42.0 Å². The van der Waals surface area contributed by atoms with E-state index in [0.717, 1.165) is 5.56 Å². The summed E-state index contributed by atoms with van der Waals surface area (Å²) in [6, 6.07) is 13.4. The van der Waals surface area contributed by atoms with E-state index in [1.165, 1.54) is 4.90 Å². The van der Waals surface area contributed by atoms with Crippen molar-refractivity contribution in [1.29, 1.82) is 0 Å². The van der Waals surface area contributed by atoms with Gasteiger partial charge in [0.05, 0.1) is 18.7 Å². The fraction of sp³-hybridized carbons (Fsp3) is 0.273. The molecule has 1 aliphatic rings. The van der Waals surface area contributed by atoms with E-state index in [1.807, 2.05) is 19.1 Å². The average molecular weight is 381 g/mol. The van der Waals surface area contributed by atoms with E-state index < -0.39 is 17.7 Å². The number of likely N-dealkylation sites (tertiary alicyclic amines) is 1. The van der Waals surface area contributed by atoms with Crippen LogP contribution in [0, 0.1) is 6.92 Å². The Kier molecular flexibility index (Phi) is 5.80. The predicted octanol–water partition coefficient (Wildman–Crippen LogP) is 2.81. The Morgan fingerprint density at radius 2 is 1.71 bits per heavy atom. The van der Waals surface area contributed by atoms with Crippen molar-refractivity contribution in [3.63, 3.8) is 0 Å². The van der Waals surface area contributed by atoms with Crippen LogP contribution < -0.4 is 4.74 Å². The molecule has 3 rings (SSSR count). The molecule has 0 aliphatic carbocycles. The molecule has 0 aromatic heterocycles. The monoisotopic (exact) mass is 381 g/mol. The molecule has 1 amide bonds. The number of nitrogens with zero attached hydrogens (tertiary/aromatic N) is 1. The number of carbonyl (C=O) groups excluding carboxylic acids is 2. The molecule has 1 fully saturated rings. The van der Waals surface area contributed by atoms with Crippen molar-refractivity contribution in [2.75, 3.05) is 20.3 Å². The summed E-state index contributed by atoms with van der Waals surface area (Å²) in [4.78, 5) is 26.8. The quantitative estimate of drug-likeness (QED) is 0.456. The van der Waals surface area contributed by atoms with E-state index in [1.54, 1.807) is 43.5 Å². The molecule has 2 aromatic carbocycles. The summed E-state index contributed by atoms with van der Waals surface area (Å²) in [5.41, 5.74) is 2.24. The fourth-order valence-corrected chi connectivity index (χ4v) is 3.35. The van der Waals surface area contributed by atoms with Gasteiger partial charge in [0.15, 0.2) is 0 Å². The molecule has 0 spiro atoms. The molecule has 2 N–H and O–H groups in total. The number of aryl methyl sites for hydroxylation is 1. The summed E-state index contributed by atoms with van der Waals surface area (Å²) in [6.07, 6.45) is 0.338. The number of aliphatic hydroxyl groups is 2. The first-order valence-corrected chi connectivity index (χ1v) is 9.08. The highest BCUT2D eigenvalue weighted by Gasteiger charge is 2.45. The molecule has 0 unspecified atom stereocenters. The van der Waals surface area contributed by atoms with Crippen molar-refractivity contribution in [2.45, 2.75) is 19.4 Å². The predicted molar refractivity (Wildman–Crippen MR) is 105 cm³/mol. The Labute approximate surface area is 163 Å². The summed E-state index contributed by atoms with van der Waals surface area (Å²) in [6.45, 7) is 2.04.